The van der Waals surface area contributed by atoms with Gasteiger partial charge in [-0.15, -0.1) is 11.6 Å². The zero-order valence-corrected chi connectivity index (χ0v) is 11.8. The molecular formula is C13H20ClN3O. The summed E-state index contributed by atoms with van der Waals surface area (Å²) in [6.07, 6.45) is 3.53. The fourth-order valence-corrected chi connectivity index (χ4v) is 2.62. The lowest BCUT2D eigenvalue weighted by atomic mass is 10.0. The van der Waals surface area contributed by atoms with Gasteiger partial charge in [-0.3, -0.25) is 0 Å². The van der Waals surface area contributed by atoms with E-state index in [0.29, 0.717) is 24.4 Å². The summed E-state index contributed by atoms with van der Waals surface area (Å²) in [6, 6.07) is 2.21. The van der Waals surface area contributed by atoms with Crippen LogP contribution in [0.2, 0.25) is 0 Å². The number of nitrogens with zero attached hydrogens (tertiary/aromatic N) is 3. The van der Waals surface area contributed by atoms with Gasteiger partial charge in [-0.25, -0.2) is 4.98 Å². The molecule has 4 nitrogen and oxygen atoms in total. The Bertz CT molecular complexity index is 400. The lowest BCUT2D eigenvalue weighted by Gasteiger charge is -2.34. The van der Waals surface area contributed by atoms with Crippen LogP contribution in [-0.4, -0.2) is 35.0 Å². The highest BCUT2D eigenvalue weighted by atomic mass is 35.5. The first kappa shape index (κ1) is 13.4. The van der Waals surface area contributed by atoms with E-state index in [9.17, 15) is 0 Å². The van der Waals surface area contributed by atoms with Crippen molar-refractivity contribution in [2.45, 2.75) is 39.2 Å². The average Bonchev–Trinajstić information content (AvgIpc) is 2.38. The Kier molecular flexibility index (Phi) is 4.64. The van der Waals surface area contributed by atoms with E-state index in [1.54, 1.807) is 0 Å². The van der Waals surface area contributed by atoms with Crippen molar-refractivity contribution in [2.75, 3.05) is 23.9 Å². The number of ether oxygens (including phenoxy) is 1. The third-order valence-corrected chi connectivity index (χ3v) is 3.53. The molecule has 0 spiro atoms. The summed E-state index contributed by atoms with van der Waals surface area (Å²) >= 11 is 6.04. The maximum atomic E-state index is 6.04. The second-order valence-corrected chi connectivity index (χ2v) is 4.89. The van der Waals surface area contributed by atoms with E-state index in [4.69, 9.17) is 16.3 Å². The normalized spacial score (nSPS) is 19.9. The molecule has 0 aromatic carbocycles. The summed E-state index contributed by atoms with van der Waals surface area (Å²) in [5.41, 5.74) is 0.933. The maximum Gasteiger partial charge on any atom is 0.229 e. The average molecular weight is 270 g/mol. The van der Waals surface area contributed by atoms with Crippen LogP contribution in [0.15, 0.2) is 6.07 Å². The van der Waals surface area contributed by atoms with Gasteiger partial charge in [-0.05, 0) is 33.1 Å². The van der Waals surface area contributed by atoms with Gasteiger partial charge in [-0.1, -0.05) is 0 Å². The molecule has 5 heteroatoms. The molecule has 1 unspecified atom stereocenters. The molecule has 1 aliphatic rings. The summed E-state index contributed by atoms with van der Waals surface area (Å²) in [5, 5.41) is 0. The highest BCUT2D eigenvalue weighted by molar-refractivity contribution is 6.18. The molecule has 0 amide bonds. The molecule has 18 heavy (non-hydrogen) atoms. The topological polar surface area (TPSA) is 38.2 Å². The molecule has 100 valence electrons. The Balaban J connectivity index is 2.24. The fourth-order valence-electron chi connectivity index (χ4n) is 2.30. The Morgan fingerprint density at radius 1 is 1.44 bits per heavy atom. The first-order valence-corrected chi connectivity index (χ1v) is 7.09. The molecule has 0 N–H and O–H groups in total. The highest BCUT2D eigenvalue weighted by Crippen LogP contribution is 2.24. The van der Waals surface area contributed by atoms with Crippen molar-refractivity contribution in [2.24, 2.45) is 0 Å². The van der Waals surface area contributed by atoms with Crippen LogP contribution in [0, 0.1) is 6.92 Å². The van der Waals surface area contributed by atoms with Gasteiger partial charge in [0.1, 0.15) is 0 Å². The zero-order chi connectivity index (χ0) is 13.0. The van der Waals surface area contributed by atoms with Gasteiger partial charge in [0.15, 0.2) is 0 Å². The minimum atomic E-state index is 0.344. The molecule has 1 aromatic heterocycles. The quantitative estimate of drug-likeness (QED) is 0.788. The van der Waals surface area contributed by atoms with Crippen molar-refractivity contribution < 1.29 is 4.74 Å². The van der Waals surface area contributed by atoms with E-state index in [1.165, 1.54) is 12.8 Å². The largest absolute Gasteiger partial charge is 0.478 e. The molecule has 1 saturated heterocycles. The molecule has 1 fully saturated rings. The van der Waals surface area contributed by atoms with Crippen LogP contribution >= 0.6 is 11.6 Å². The molecule has 1 atom stereocenters. The van der Waals surface area contributed by atoms with Crippen molar-refractivity contribution in [3.63, 3.8) is 0 Å². The highest BCUT2D eigenvalue weighted by Gasteiger charge is 2.24. The number of hydrogen-bond acceptors (Lipinski definition) is 4. The maximum absolute atomic E-state index is 6.04. The van der Waals surface area contributed by atoms with Crippen LogP contribution in [0.25, 0.3) is 0 Å². The van der Waals surface area contributed by atoms with E-state index in [1.807, 2.05) is 19.9 Å². The number of hydrogen-bond donors (Lipinski definition) is 0. The molecule has 0 bridgehead atoms. The first-order valence-electron chi connectivity index (χ1n) is 6.55. The van der Waals surface area contributed by atoms with Gasteiger partial charge < -0.3 is 9.64 Å². The van der Waals surface area contributed by atoms with Crippen molar-refractivity contribution in [1.82, 2.24) is 9.97 Å². The molecular weight excluding hydrogens is 250 g/mol. The zero-order valence-electron chi connectivity index (χ0n) is 11.0. The lowest BCUT2D eigenvalue weighted by molar-refractivity contribution is 0.325. The number of rotatable bonds is 4. The van der Waals surface area contributed by atoms with Crippen molar-refractivity contribution in [3.05, 3.63) is 11.8 Å². The monoisotopic (exact) mass is 269 g/mol. The van der Waals surface area contributed by atoms with E-state index >= 15 is 0 Å². The summed E-state index contributed by atoms with van der Waals surface area (Å²) < 4.78 is 5.48. The minimum absolute atomic E-state index is 0.344. The van der Waals surface area contributed by atoms with Crippen LogP contribution < -0.4 is 9.64 Å². The smallest absolute Gasteiger partial charge is 0.229 e. The van der Waals surface area contributed by atoms with Gasteiger partial charge in [0.25, 0.3) is 0 Å². The van der Waals surface area contributed by atoms with Gasteiger partial charge >= 0.3 is 0 Å². The number of aryl methyl sites for hydroxylation is 1. The number of aromatic nitrogens is 2. The van der Waals surface area contributed by atoms with E-state index in [-0.39, 0.29) is 0 Å². The van der Waals surface area contributed by atoms with E-state index < -0.39 is 0 Å². The number of halogens is 1. The van der Waals surface area contributed by atoms with Gasteiger partial charge in [0, 0.05) is 30.2 Å². The first-order chi connectivity index (χ1) is 8.74. The SMILES string of the molecule is CCOc1cc(C)nc(N2CCCCC2CCl)n1. The minimum Gasteiger partial charge on any atom is -0.478 e. The third-order valence-electron chi connectivity index (χ3n) is 3.17. The Labute approximate surface area is 113 Å². The van der Waals surface area contributed by atoms with Crippen molar-refractivity contribution in [3.8, 4) is 5.88 Å². The lowest BCUT2D eigenvalue weighted by Crippen LogP contribution is -2.41. The van der Waals surface area contributed by atoms with E-state index in [2.05, 4.69) is 14.9 Å². The summed E-state index contributed by atoms with van der Waals surface area (Å²) in [5.74, 6) is 2.03. The Hall–Kier alpha value is -1.03. The van der Waals surface area contributed by atoms with E-state index in [0.717, 1.165) is 24.6 Å². The van der Waals surface area contributed by atoms with Crippen LogP contribution in [0.4, 0.5) is 5.95 Å². The molecule has 0 saturated carbocycles. The number of anilines is 1. The summed E-state index contributed by atoms with van der Waals surface area (Å²) in [6.45, 7) is 5.52. The van der Waals surface area contributed by atoms with Gasteiger partial charge in [0.2, 0.25) is 11.8 Å². The molecule has 1 aliphatic heterocycles. The van der Waals surface area contributed by atoms with Gasteiger partial charge in [0.05, 0.1) is 6.61 Å². The van der Waals surface area contributed by atoms with Crippen LogP contribution in [0.3, 0.4) is 0 Å². The Morgan fingerprint density at radius 3 is 3.00 bits per heavy atom. The molecule has 0 radical (unpaired) electrons. The molecule has 1 aromatic rings. The predicted octanol–water partition coefficient (Wildman–Crippen LogP) is 2.78. The van der Waals surface area contributed by atoms with Crippen molar-refractivity contribution in [1.29, 1.82) is 0 Å². The third kappa shape index (κ3) is 3.05. The van der Waals surface area contributed by atoms with Crippen LogP contribution in [-0.2, 0) is 0 Å². The summed E-state index contributed by atoms with van der Waals surface area (Å²) in [7, 11) is 0. The number of alkyl halides is 1. The number of piperidine rings is 1. The second-order valence-electron chi connectivity index (χ2n) is 4.58. The second kappa shape index (κ2) is 6.23. The molecule has 2 rings (SSSR count). The predicted molar refractivity (Wildman–Crippen MR) is 73.6 cm³/mol. The Morgan fingerprint density at radius 2 is 2.28 bits per heavy atom. The van der Waals surface area contributed by atoms with Gasteiger partial charge in [-0.2, -0.15) is 4.98 Å². The standard InChI is InChI=1S/C13H20ClN3O/c1-3-18-12-8-10(2)15-13(16-12)17-7-5-4-6-11(17)9-14/h8,11H,3-7,9H2,1-2H3. The van der Waals surface area contributed by atoms with Crippen LogP contribution in [0.1, 0.15) is 31.9 Å². The summed E-state index contributed by atoms with van der Waals surface area (Å²) in [4.78, 5) is 11.2. The van der Waals surface area contributed by atoms with Crippen molar-refractivity contribution >= 4 is 17.5 Å². The molecule has 0 aliphatic carbocycles. The van der Waals surface area contributed by atoms with Crippen LogP contribution in [0.5, 0.6) is 5.88 Å². The molecule has 2 heterocycles. The fraction of sp³-hybridized carbons (Fsp3) is 0.692.